The maximum Gasteiger partial charge on any atom is 0.295 e. The van der Waals surface area contributed by atoms with Gasteiger partial charge in [0.25, 0.3) is 6.01 Å². The zero-order chi connectivity index (χ0) is 9.97. The van der Waals surface area contributed by atoms with Crippen LogP contribution in [-0.2, 0) is 0 Å². The van der Waals surface area contributed by atoms with E-state index in [1.54, 1.807) is 0 Å². The van der Waals surface area contributed by atoms with Crippen LogP contribution in [0.5, 0.6) is 0 Å². The monoisotopic (exact) mass is 191 g/mol. The summed E-state index contributed by atoms with van der Waals surface area (Å²) in [4.78, 5) is 4.25. The minimum Gasteiger partial charge on any atom is -0.423 e. The highest BCUT2D eigenvalue weighted by Gasteiger charge is 2.06. The average molecular weight is 191 g/mol. The Labute approximate surface area is 82.1 Å². The number of nitrogens with zero attached hydrogens (tertiary/aromatic N) is 1. The molecule has 0 unspecified atom stereocenters. The summed E-state index contributed by atoms with van der Waals surface area (Å²) in [6.45, 7) is 2.94. The number of nitrogens with one attached hydrogen (secondary N) is 1. The quantitative estimate of drug-likeness (QED) is 0.730. The number of aromatic nitrogens is 1. The number of nitrogen functional groups attached to an aromatic ring is 1. The predicted octanol–water partition coefficient (Wildman–Crippen LogP) is 2.23. The third kappa shape index (κ3) is 1.51. The van der Waals surface area contributed by atoms with Crippen LogP contribution in [0.15, 0.2) is 22.6 Å². The van der Waals surface area contributed by atoms with Crippen LogP contribution in [0.2, 0.25) is 0 Å². The molecular weight excluding hydrogens is 178 g/mol. The van der Waals surface area contributed by atoms with E-state index >= 15 is 0 Å². The summed E-state index contributed by atoms with van der Waals surface area (Å²) in [5, 5.41) is 3.08. The molecule has 0 aliphatic rings. The fraction of sp³-hybridized carbons (Fsp3) is 0.300. The molecule has 3 N–H and O–H groups in total. The Kier molecular flexibility index (Phi) is 2.26. The van der Waals surface area contributed by atoms with Crippen LogP contribution < -0.4 is 11.1 Å². The SMILES string of the molecule is CCCNc1nc2c(N)cccc2o1. The van der Waals surface area contributed by atoms with Gasteiger partial charge in [-0.1, -0.05) is 13.0 Å². The van der Waals surface area contributed by atoms with Crippen molar-refractivity contribution in [2.75, 3.05) is 17.6 Å². The topological polar surface area (TPSA) is 64.1 Å². The van der Waals surface area contributed by atoms with Gasteiger partial charge in [0.2, 0.25) is 0 Å². The molecule has 4 heteroatoms. The molecule has 1 aromatic heterocycles. The van der Waals surface area contributed by atoms with Crippen LogP contribution in [0.1, 0.15) is 13.3 Å². The van der Waals surface area contributed by atoms with Crippen LogP contribution in [0.4, 0.5) is 11.7 Å². The summed E-state index contributed by atoms with van der Waals surface area (Å²) in [5.74, 6) is 0. The van der Waals surface area contributed by atoms with Crippen LogP contribution in [0, 0.1) is 0 Å². The van der Waals surface area contributed by atoms with E-state index in [0.717, 1.165) is 24.1 Å². The van der Waals surface area contributed by atoms with Crippen molar-refractivity contribution >= 4 is 22.8 Å². The molecule has 0 aliphatic heterocycles. The lowest BCUT2D eigenvalue weighted by Crippen LogP contribution is -1.99. The fourth-order valence-electron chi connectivity index (χ4n) is 1.28. The first-order valence-electron chi connectivity index (χ1n) is 4.70. The van der Waals surface area contributed by atoms with Crippen LogP contribution >= 0.6 is 0 Å². The second-order valence-corrected chi connectivity index (χ2v) is 3.14. The summed E-state index contributed by atoms with van der Waals surface area (Å²) in [7, 11) is 0. The number of fused-ring (bicyclic) bond motifs is 1. The first-order chi connectivity index (χ1) is 6.81. The van der Waals surface area contributed by atoms with E-state index in [0.29, 0.717) is 11.7 Å². The Morgan fingerprint density at radius 1 is 1.50 bits per heavy atom. The highest BCUT2D eigenvalue weighted by atomic mass is 16.4. The molecule has 0 radical (unpaired) electrons. The molecule has 2 rings (SSSR count). The number of oxazole rings is 1. The Balaban J connectivity index is 2.36. The summed E-state index contributed by atoms with van der Waals surface area (Å²) in [6.07, 6.45) is 1.04. The molecule has 1 aromatic carbocycles. The van der Waals surface area contributed by atoms with E-state index in [4.69, 9.17) is 10.2 Å². The lowest BCUT2D eigenvalue weighted by molar-refractivity contribution is 0.614. The van der Waals surface area contributed by atoms with Crippen LogP contribution in [0.25, 0.3) is 11.1 Å². The highest BCUT2D eigenvalue weighted by molar-refractivity contribution is 5.86. The summed E-state index contributed by atoms with van der Waals surface area (Å²) in [5.41, 5.74) is 7.85. The number of benzene rings is 1. The number of nitrogens with two attached hydrogens (primary N) is 1. The minimum absolute atomic E-state index is 0.541. The molecule has 4 nitrogen and oxygen atoms in total. The standard InChI is InChI=1S/C10H13N3O/c1-2-6-12-10-13-9-7(11)4-3-5-8(9)14-10/h3-5H,2,6,11H2,1H3,(H,12,13). The van der Waals surface area contributed by atoms with Gasteiger partial charge in [-0.15, -0.1) is 0 Å². The highest BCUT2D eigenvalue weighted by Crippen LogP contribution is 2.23. The maximum absolute atomic E-state index is 5.75. The summed E-state index contributed by atoms with van der Waals surface area (Å²) >= 11 is 0. The molecule has 2 aromatic rings. The Hall–Kier alpha value is -1.71. The summed E-state index contributed by atoms with van der Waals surface area (Å²) in [6, 6.07) is 6.07. The van der Waals surface area contributed by atoms with Crippen molar-refractivity contribution in [1.82, 2.24) is 4.98 Å². The largest absolute Gasteiger partial charge is 0.423 e. The van der Waals surface area contributed by atoms with Crippen molar-refractivity contribution < 1.29 is 4.42 Å². The van der Waals surface area contributed by atoms with Gasteiger partial charge in [-0.05, 0) is 18.6 Å². The van der Waals surface area contributed by atoms with E-state index in [-0.39, 0.29) is 0 Å². The fourth-order valence-corrected chi connectivity index (χ4v) is 1.28. The first-order valence-corrected chi connectivity index (χ1v) is 4.70. The number of anilines is 2. The molecule has 0 spiro atoms. The van der Waals surface area contributed by atoms with Gasteiger partial charge in [-0.3, -0.25) is 0 Å². The second kappa shape index (κ2) is 3.57. The van der Waals surface area contributed by atoms with E-state index in [1.807, 2.05) is 18.2 Å². The normalized spacial score (nSPS) is 10.6. The number of hydrogen-bond donors (Lipinski definition) is 2. The molecule has 0 fully saturated rings. The molecule has 0 aliphatic carbocycles. The molecule has 0 atom stereocenters. The minimum atomic E-state index is 0.541. The lowest BCUT2D eigenvalue weighted by Gasteiger charge is -1.94. The smallest absolute Gasteiger partial charge is 0.295 e. The molecular formula is C10H13N3O. The van der Waals surface area contributed by atoms with Crippen molar-refractivity contribution in [1.29, 1.82) is 0 Å². The third-order valence-electron chi connectivity index (χ3n) is 1.98. The van der Waals surface area contributed by atoms with Gasteiger partial charge in [-0.25, -0.2) is 0 Å². The van der Waals surface area contributed by atoms with Gasteiger partial charge in [0.1, 0.15) is 5.52 Å². The molecule has 14 heavy (non-hydrogen) atoms. The van der Waals surface area contributed by atoms with Crippen molar-refractivity contribution in [3.8, 4) is 0 Å². The van der Waals surface area contributed by atoms with E-state index in [1.165, 1.54) is 0 Å². The second-order valence-electron chi connectivity index (χ2n) is 3.14. The van der Waals surface area contributed by atoms with Gasteiger partial charge in [-0.2, -0.15) is 4.98 Å². The Morgan fingerprint density at radius 3 is 3.07 bits per heavy atom. The zero-order valence-corrected chi connectivity index (χ0v) is 8.08. The van der Waals surface area contributed by atoms with Crippen LogP contribution in [0.3, 0.4) is 0 Å². The molecule has 74 valence electrons. The van der Waals surface area contributed by atoms with Gasteiger partial charge in [0, 0.05) is 6.54 Å². The maximum atomic E-state index is 5.75. The molecule has 0 saturated heterocycles. The van der Waals surface area contributed by atoms with Gasteiger partial charge >= 0.3 is 0 Å². The molecule has 0 saturated carbocycles. The van der Waals surface area contributed by atoms with Crippen molar-refractivity contribution in [3.63, 3.8) is 0 Å². The zero-order valence-electron chi connectivity index (χ0n) is 8.08. The van der Waals surface area contributed by atoms with Gasteiger partial charge in [0.15, 0.2) is 5.58 Å². The van der Waals surface area contributed by atoms with Crippen LogP contribution in [-0.4, -0.2) is 11.5 Å². The van der Waals surface area contributed by atoms with Crippen molar-refractivity contribution in [2.45, 2.75) is 13.3 Å². The Morgan fingerprint density at radius 2 is 2.36 bits per heavy atom. The predicted molar refractivity (Wildman–Crippen MR) is 57.2 cm³/mol. The average Bonchev–Trinajstić information content (AvgIpc) is 2.59. The number of para-hydroxylation sites is 1. The number of rotatable bonds is 3. The van der Waals surface area contributed by atoms with Crippen molar-refractivity contribution in [2.24, 2.45) is 0 Å². The van der Waals surface area contributed by atoms with Crippen molar-refractivity contribution in [3.05, 3.63) is 18.2 Å². The third-order valence-corrected chi connectivity index (χ3v) is 1.98. The Bertz CT molecular complexity index is 436. The molecule has 1 heterocycles. The molecule has 0 bridgehead atoms. The summed E-state index contributed by atoms with van der Waals surface area (Å²) < 4.78 is 5.45. The van der Waals surface area contributed by atoms with Gasteiger partial charge < -0.3 is 15.5 Å². The van der Waals surface area contributed by atoms with E-state index in [9.17, 15) is 0 Å². The van der Waals surface area contributed by atoms with Gasteiger partial charge in [0.05, 0.1) is 5.69 Å². The van der Waals surface area contributed by atoms with E-state index in [2.05, 4.69) is 17.2 Å². The molecule has 0 amide bonds. The first kappa shape index (κ1) is 8.87. The number of hydrogen-bond acceptors (Lipinski definition) is 4. The van der Waals surface area contributed by atoms with E-state index < -0.39 is 0 Å². The lowest BCUT2D eigenvalue weighted by atomic mass is 10.3.